The van der Waals surface area contributed by atoms with Crippen LogP contribution in [0.5, 0.6) is 0 Å². The number of hydrogen-bond donors (Lipinski definition) is 1. The van der Waals surface area contributed by atoms with Gasteiger partial charge in [-0.1, -0.05) is 58.9 Å². The Kier molecular flexibility index (Phi) is 7.65. The predicted molar refractivity (Wildman–Crippen MR) is 146 cm³/mol. The molecule has 5 atom stereocenters. The average Bonchev–Trinajstić information content (AvgIpc) is 3.10. The molecular weight excluding hydrogens is 482 g/mol. The van der Waals surface area contributed by atoms with E-state index in [1.807, 2.05) is 48.0 Å². The maximum atomic E-state index is 14.6. The second-order valence-corrected chi connectivity index (χ2v) is 13.3. The number of fused-ring (bicyclic) bond motifs is 2. The van der Waals surface area contributed by atoms with Crippen molar-refractivity contribution in [2.24, 2.45) is 17.3 Å². The molecule has 8 heteroatoms. The zero-order chi connectivity index (χ0) is 28.1. The number of carbonyl (C=O) groups excluding carboxylic acids is 3. The first-order chi connectivity index (χ1) is 17.8. The highest BCUT2D eigenvalue weighted by Crippen LogP contribution is 2.58. The molecule has 212 valence electrons. The van der Waals surface area contributed by atoms with Crippen LogP contribution in [0.3, 0.4) is 0 Å². The number of carbonyl (C=O) groups is 3. The highest BCUT2D eigenvalue weighted by atomic mass is 16.5. The van der Waals surface area contributed by atoms with Crippen LogP contribution in [0.4, 0.5) is 0 Å². The van der Waals surface area contributed by atoms with Crippen molar-refractivity contribution in [1.82, 2.24) is 14.7 Å². The van der Waals surface area contributed by atoms with Crippen molar-refractivity contribution in [1.29, 1.82) is 0 Å². The third kappa shape index (κ3) is 4.51. The summed E-state index contributed by atoms with van der Waals surface area (Å²) in [5, 5.41) is 9.63. The van der Waals surface area contributed by atoms with Gasteiger partial charge in [-0.3, -0.25) is 14.4 Å². The molecule has 4 aliphatic rings. The van der Waals surface area contributed by atoms with Crippen molar-refractivity contribution in [2.75, 3.05) is 32.8 Å². The van der Waals surface area contributed by atoms with Gasteiger partial charge in [-0.05, 0) is 44.9 Å². The van der Waals surface area contributed by atoms with E-state index in [1.54, 1.807) is 4.90 Å². The van der Waals surface area contributed by atoms with Gasteiger partial charge in [0.05, 0.1) is 17.4 Å². The summed E-state index contributed by atoms with van der Waals surface area (Å²) in [6, 6.07) is -0.888. The van der Waals surface area contributed by atoms with Crippen molar-refractivity contribution in [2.45, 2.75) is 96.9 Å². The van der Waals surface area contributed by atoms with Crippen LogP contribution in [0, 0.1) is 17.3 Å². The third-order valence-corrected chi connectivity index (χ3v) is 8.77. The van der Waals surface area contributed by atoms with Crippen molar-refractivity contribution in [3.8, 4) is 0 Å². The molecule has 38 heavy (non-hydrogen) atoms. The first kappa shape index (κ1) is 28.8. The van der Waals surface area contributed by atoms with Gasteiger partial charge in [-0.2, -0.15) is 0 Å². The van der Waals surface area contributed by atoms with Crippen LogP contribution in [0.1, 0.15) is 74.1 Å². The maximum Gasteiger partial charge on any atom is 0.249 e. The van der Waals surface area contributed by atoms with Gasteiger partial charge in [-0.25, -0.2) is 0 Å². The minimum atomic E-state index is -1.24. The lowest BCUT2D eigenvalue weighted by Gasteiger charge is -2.45. The zero-order valence-corrected chi connectivity index (χ0v) is 24.3. The van der Waals surface area contributed by atoms with Gasteiger partial charge in [0.1, 0.15) is 11.6 Å². The molecule has 0 aromatic heterocycles. The van der Waals surface area contributed by atoms with E-state index in [0.717, 1.165) is 12.8 Å². The van der Waals surface area contributed by atoms with Gasteiger partial charge in [0.2, 0.25) is 17.7 Å². The van der Waals surface area contributed by atoms with Crippen LogP contribution in [0.2, 0.25) is 0 Å². The van der Waals surface area contributed by atoms with Crippen LogP contribution in [-0.4, -0.2) is 93.1 Å². The molecule has 4 heterocycles. The topological polar surface area (TPSA) is 90.4 Å². The van der Waals surface area contributed by atoms with Crippen LogP contribution in [0.25, 0.3) is 0 Å². The molecule has 0 bridgehead atoms. The zero-order valence-electron chi connectivity index (χ0n) is 24.3. The Morgan fingerprint density at radius 2 is 1.63 bits per heavy atom. The Bertz CT molecular complexity index is 1010. The number of nitrogens with zero attached hydrogens (tertiary/aromatic N) is 3. The summed E-state index contributed by atoms with van der Waals surface area (Å²) in [5.41, 5.74) is -2.67. The summed E-state index contributed by atoms with van der Waals surface area (Å²) in [5.74, 6) is -1.96. The second-order valence-electron chi connectivity index (χ2n) is 13.3. The molecule has 0 saturated carbocycles. The van der Waals surface area contributed by atoms with Crippen molar-refractivity contribution >= 4 is 17.7 Å². The Labute approximate surface area is 228 Å². The molecule has 0 radical (unpaired) electrons. The van der Waals surface area contributed by atoms with Gasteiger partial charge >= 0.3 is 0 Å². The maximum absolute atomic E-state index is 14.6. The molecule has 4 aliphatic heterocycles. The Hall–Kier alpha value is -2.19. The second kappa shape index (κ2) is 10.1. The van der Waals surface area contributed by atoms with Gasteiger partial charge in [0.15, 0.2) is 0 Å². The molecule has 0 aromatic carbocycles. The minimum Gasteiger partial charge on any atom is -0.396 e. The van der Waals surface area contributed by atoms with E-state index >= 15 is 0 Å². The summed E-state index contributed by atoms with van der Waals surface area (Å²) < 4.78 is 6.99. The van der Waals surface area contributed by atoms with E-state index in [1.165, 1.54) is 0 Å². The van der Waals surface area contributed by atoms with Crippen LogP contribution < -0.4 is 0 Å². The first-order valence-electron chi connectivity index (χ1n) is 14.4. The Morgan fingerprint density at radius 3 is 2.24 bits per heavy atom. The van der Waals surface area contributed by atoms with Gasteiger partial charge in [0, 0.05) is 38.3 Å². The van der Waals surface area contributed by atoms with Crippen LogP contribution in [0.15, 0.2) is 24.3 Å². The number of likely N-dealkylation sites (tertiary alicyclic amines) is 1. The predicted octanol–water partition coefficient (Wildman–Crippen LogP) is 3.15. The van der Waals surface area contributed by atoms with Gasteiger partial charge in [-0.15, -0.1) is 0 Å². The van der Waals surface area contributed by atoms with Crippen molar-refractivity contribution in [3.63, 3.8) is 0 Å². The van der Waals surface area contributed by atoms with E-state index in [2.05, 4.69) is 34.6 Å². The van der Waals surface area contributed by atoms with Crippen molar-refractivity contribution < 1.29 is 24.2 Å². The molecule has 1 spiro atoms. The van der Waals surface area contributed by atoms with Crippen LogP contribution >= 0.6 is 0 Å². The van der Waals surface area contributed by atoms with E-state index in [0.29, 0.717) is 32.5 Å². The van der Waals surface area contributed by atoms with Crippen LogP contribution in [-0.2, 0) is 19.1 Å². The molecule has 2 fully saturated rings. The first-order valence-corrected chi connectivity index (χ1v) is 14.4. The molecule has 4 rings (SSSR count). The smallest absolute Gasteiger partial charge is 0.249 e. The average molecular weight is 530 g/mol. The molecular formula is C30H47N3O5. The molecule has 0 aromatic rings. The fourth-order valence-electron chi connectivity index (χ4n) is 7.70. The third-order valence-electron chi connectivity index (χ3n) is 8.77. The highest BCUT2D eigenvalue weighted by Gasteiger charge is 2.75. The molecule has 1 unspecified atom stereocenters. The lowest BCUT2D eigenvalue weighted by atomic mass is 9.72. The number of aliphatic hydroxyl groups is 1. The summed E-state index contributed by atoms with van der Waals surface area (Å²) in [6.07, 6.45) is 10.3. The van der Waals surface area contributed by atoms with Gasteiger partial charge in [0.25, 0.3) is 0 Å². The molecule has 1 N–H and O–H groups in total. The Balaban J connectivity index is 1.85. The number of rotatable bonds is 8. The fraction of sp³-hybridized carbons (Fsp3) is 0.767. The van der Waals surface area contributed by atoms with E-state index in [-0.39, 0.29) is 36.3 Å². The number of ether oxygens (including phenoxy) is 1. The largest absolute Gasteiger partial charge is 0.396 e. The monoisotopic (exact) mass is 529 g/mol. The molecule has 2 saturated heterocycles. The van der Waals surface area contributed by atoms with E-state index < -0.39 is 34.6 Å². The fourth-order valence-corrected chi connectivity index (χ4v) is 7.70. The minimum absolute atomic E-state index is 0.00857. The summed E-state index contributed by atoms with van der Waals surface area (Å²) in [6.45, 7) is 16.3. The quantitative estimate of drug-likeness (QED) is 0.488. The van der Waals surface area contributed by atoms with Gasteiger partial charge < -0.3 is 24.5 Å². The molecule has 3 amide bonds. The molecule has 8 nitrogen and oxygen atoms in total. The standard InChI is InChI=1S/C30H47N3O5/c1-8-15-31-16-10-13-29(9-2)21(24(31)35)22-25(36)32(17-12-19-34)23-26(37)33(18-11-14-30(22,23)38-29)28(6,7)20-27(3,4)5/h10-11,13-14,21-23,34H,8-9,12,15-20H2,1-7H3/t21-,22+,23?,29+,30+/m1/s1. The number of amides is 3. The SMILES string of the molecule is CCCN1CC=C[C@]2(CC)O[C@]34C=CCN(C(C)(C)CC(C)(C)C)C(=O)C3N(CCCO)C(=O)[C@@H]4[C@@H]2C1=O. The molecule has 0 aliphatic carbocycles. The lowest BCUT2D eigenvalue weighted by Crippen LogP contribution is -2.60. The normalized spacial score (nSPS) is 33.4. The lowest BCUT2D eigenvalue weighted by molar-refractivity contribution is -0.157. The highest BCUT2D eigenvalue weighted by molar-refractivity contribution is 6.00. The Morgan fingerprint density at radius 1 is 0.947 bits per heavy atom. The summed E-state index contributed by atoms with van der Waals surface area (Å²) >= 11 is 0. The number of hydrogen-bond acceptors (Lipinski definition) is 5. The summed E-state index contributed by atoms with van der Waals surface area (Å²) in [7, 11) is 0. The number of aliphatic hydroxyl groups excluding tert-OH is 1. The van der Waals surface area contributed by atoms with Crippen molar-refractivity contribution in [3.05, 3.63) is 24.3 Å². The van der Waals surface area contributed by atoms with E-state index in [9.17, 15) is 19.5 Å². The van der Waals surface area contributed by atoms with E-state index in [4.69, 9.17) is 4.74 Å². The summed E-state index contributed by atoms with van der Waals surface area (Å²) in [4.78, 5) is 48.3.